The molecule has 2 aromatic carbocycles. The minimum absolute atomic E-state index is 0.116. The first-order valence-corrected chi connectivity index (χ1v) is 10.7. The summed E-state index contributed by atoms with van der Waals surface area (Å²) in [6.07, 6.45) is 1.42. The van der Waals surface area contributed by atoms with Gasteiger partial charge >= 0.3 is 0 Å². The number of nitrogens with zero attached hydrogens (tertiary/aromatic N) is 4. The number of likely N-dealkylation sites (N-methyl/N-ethyl adjacent to an activating group) is 1. The minimum Gasteiger partial charge on any atom is -0.344 e. The molecule has 33 heavy (non-hydrogen) atoms. The molecule has 0 saturated carbocycles. The van der Waals surface area contributed by atoms with Gasteiger partial charge in [-0.25, -0.2) is 9.07 Å². The fourth-order valence-electron chi connectivity index (χ4n) is 3.46. The summed E-state index contributed by atoms with van der Waals surface area (Å²) < 4.78 is 14.3. The zero-order valence-corrected chi connectivity index (χ0v) is 18.2. The molecule has 0 atom stereocenters. The van der Waals surface area contributed by atoms with Gasteiger partial charge in [0, 0.05) is 36.5 Å². The molecule has 1 N–H and O–H groups in total. The normalized spacial score (nSPS) is 10.8. The van der Waals surface area contributed by atoms with Crippen LogP contribution < -0.4 is 5.56 Å². The molecule has 7 nitrogen and oxygen atoms in total. The van der Waals surface area contributed by atoms with Crippen LogP contribution in [0.1, 0.15) is 12.1 Å². The average Bonchev–Trinajstić information content (AvgIpc) is 3.30. The van der Waals surface area contributed by atoms with Crippen molar-refractivity contribution >= 4 is 5.91 Å². The Labute approximate surface area is 190 Å². The van der Waals surface area contributed by atoms with E-state index in [4.69, 9.17) is 0 Å². The molecule has 4 aromatic rings. The number of amides is 1. The van der Waals surface area contributed by atoms with Gasteiger partial charge in [-0.1, -0.05) is 30.3 Å². The van der Waals surface area contributed by atoms with Crippen LogP contribution in [0.15, 0.2) is 77.6 Å². The van der Waals surface area contributed by atoms with Gasteiger partial charge in [0.1, 0.15) is 12.4 Å². The predicted octanol–water partition coefficient (Wildman–Crippen LogP) is 3.53. The maximum absolute atomic E-state index is 13.1. The van der Waals surface area contributed by atoms with Crippen LogP contribution in [0.25, 0.3) is 22.5 Å². The standard InChI is InChI=1S/C25H24FN5O2/c1-30(15-5-8-21-16-23(28-27-21)19-9-11-20(26)12-10-19)25(33)17-31-24(32)14-13-22(29-31)18-6-3-2-4-7-18/h2-4,6-7,9-14,16H,5,8,15,17H2,1H3,(H,27,28). The van der Waals surface area contributed by atoms with Gasteiger partial charge in [0.25, 0.3) is 5.56 Å². The van der Waals surface area contributed by atoms with Crippen LogP contribution >= 0.6 is 0 Å². The topological polar surface area (TPSA) is 83.9 Å². The number of nitrogens with one attached hydrogen (secondary N) is 1. The smallest absolute Gasteiger partial charge is 0.267 e. The van der Waals surface area contributed by atoms with Crippen LogP contribution in [-0.2, 0) is 17.8 Å². The summed E-state index contributed by atoms with van der Waals surface area (Å²) >= 11 is 0. The quantitative estimate of drug-likeness (QED) is 0.450. The molecule has 1 amide bonds. The van der Waals surface area contributed by atoms with Gasteiger partial charge in [-0.2, -0.15) is 10.2 Å². The number of carbonyl (C=O) groups is 1. The number of hydrogen-bond acceptors (Lipinski definition) is 4. The minimum atomic E-state index is -0.317. The molecule has 0 aliphatic carbocycles. The van der Waals surface area contributed by atoms with Gasteiger partial charge < -0.3 is 4.90 Å². The van der Waals surface area contributed by atoms with E-state index < -0.39 is 0 Å². The van der Waals surface area contributed by atoms with Crippen LogP contribution in [-0.4, -0.2) is 44.4 Å². The molecule has 0 radical (unpaired) electrons. The van der Waals surface area contributed by atoms with Crippen molar-refractivity contribution < 1.29 is 9.18 Å². The number of halogens is 1. The van der Waals surface area contributed by atoms with Crippen LogP contribution in [0.5, 0.6) is 0 Å². The van der Waals surface area contributed by atoms with Crippen molar-refractivity contribution in [2.24, 2.45) is 0 Å². The first-order valence-electron chi connectivity index (χ1n) is 10.7. The summed E-state index contributed by atoms with van der Waals surface area (Å²) in [6.45, 7) is 0.408. The largest absolute Gasteiger partial charge is 0.344 e. The van der Waals surface area contributed by atoms with E-state index in [2.05, 4.69) is 15.3 Å². The Bertz CT molecular complexity index is 1280. The maximum atomic E-state index is 13.1. The third-order valence-electron chi connectivity index (χ3n) is 5.36. The Morgan fingerprint density at radius 1 is 1.00 bits per heavy atom. The number of H-pyrrole nitrogens is 1. The highest BCUT2D eigenvalue weighted by molar-refractivity contribution is 5.75. The van der Waals surface area contributed by atoms with E-state index in [0.29, 0.717) is 18.7 Å². The van der Waals surface area contributed by atoms with Crippen LogP contribution in [0, 0.1) is 5.82 Å². The lowest BCUT2D eigenvalue weighted by Gasteiger charge is -2.17. The van der Waals surface area contributed by atoms with Crippen molar-refractivity contribution in [1.29, 1.82) is 0 Å². The van der Waals surface area contributed by atoms with Crippen molar-refractivity contribution in [2.45, 2.75) is 19.4 Å². The van der Waals surface area contributed by atoms with E-state index >= 15 is 0 Å². The molecule has 4 rings (SSSR count). The zero-order chi connectivity index (χ0) is 23.2. The van der Waals surface area contributed by atoms with Crippen molar-refractivity contribution in [3.63, 3.8) is 0 Å². The maximum Gasteiger partial charge on any atom is 0.267 e. The molecular formula is C25H24FN5O2. The van der Waals surface area contributed by atoms with Crippen molar-refractivity contribution in [3.05, 3.63) is 94.7 Å². The summed E-state index contributed by atoms with van der Waals surface area (Å²) in [5, 5.41) is 11.6. The molecule has 0 fully saturated rings. The van der Waals surface area contributed by atoms with Gasteiger partial charge in [0.15, 0.2) is 0 Å². The number of hydrogen-bond donors (Lipinski definition) is 1. The summed E-state index contributed by atoms with van der Waals surface area (Å²) in [7, 11) is 1.71. The van der Waals surface area contributed by atoms with Gasteiger partial charge in [-0.05, 0) is 49.2 Å². The fourth-order valence-corrected chi connectivity index (χ4v) is 3.46. The van der Waals surface area contributed by atoms with Crippen LogP contribution in [0.3, 0.4) is 0 Å². The highest BCUT2D eigenvalue weighted by atomic mass is 19.1. The third kappa shape index (κ3) is 5.60. The second-order valence-electron chi connectivity index (χ2n) is 7.78. The predicted molar refractivity (Wildman–Crippen MR) is 124 cm³/mol. The van der Waals surface area contributed by atoms with Crippen molar-refractivity contribution in [2.75, 3.05) is 13.6 Å². The van der Waals surface area contributed by atoms with Gasteiger partial charge in [-0.15, -0.1) is 0 Å². The van der Waals surface area contributed by atoms with E-state index in [-0.39, 0.29) is 23.8 Å². The number of carbonyl (C=O) groups excluding carboxylic acids is 1. The van der Waals surface area contributed by atoms with Crippen LogP contribution in [0.4, 0.5) is 4.39 Å². The summed E-state index contributed by atoms with van der Waals surface area (Å²) in [6, 6.07) is 20.7. The highest BCUT2D eigenvalue weighted by Gasteiger charge is 2.13. The van der Waals surface area contributed by atoms with E-state index in [0.717, 1.165) is 28.9 Å². The molecule has 2 heterocycles. The lowest BCUT2D eigenvalue weighted by atomic mass is 10.1. The van der Waals surface area contributed by atoms with E-state index in [1.165, 1.54) is 22.9 Å². The molecule has 0 bridgehead atoms. The molecule has 0 unspecified atom stereocenters. The molecular weight excluding hydrogens is 421 g/mol. The van der Waals surface area contributed by atoms with Crippen molar-refractivity contribution in [1.82, 2.24) is 24.9 Å². The van der Waals surface area contributed by atoms with Gasteiger partial charge in [0.05, 0.1) is 11.4 Å². The Morgan fingerprint density at radius 3 is 2.48 bits per heavy atom. The van der Waals surface area contributed by atoms with Crippen molar-refractivity contribution in [3.8, 4) is 22.5 Å². The Hall–Kier alpha value is -4.07. The van der Waals surface area contributed by atoms with Gasteiger partial charge in [-0.3, -0.25) is 14.7 Å². The summed E-state index contributed by atoms with van der Waals surface area (Å²) in [4.78, 5) is 26.4. The number of rotatable bonds is 8. The number of aryl methyl sites for hydroxylation is 1. The molecule has 0 aliphatic heterocycles. The van der Waals surface area contributed by atoms with Crippen LogP contribution in [0.2, 0.25) is 0 Å². The van der Waals surface area contributed by atoms with E-state index in [1.807, 2.05) is 36.4 Å². The molecule has 0 spiro atoms. The zero-order valence-electron chi connectivity index (χ0n) is 18.2. The monoisotopic (exact) mass is 445 g/mol. The lowest BCUT2D eigenvalue weighted by molar-refractivity contribution is -0.130. The molecule has 0 aliphatic rings. The second kappa shape index (κ2) is 10.0. The molecule has 2 aromatic heterocycles. The molecule has 8 heteroatoms. The first-order chi connectivity index (χ1) is 16.0. The highest BCUT2D eigenvalue weighted by Crippen LogP contribution is 2.18. The number of benzene rings is 2. The van der Waals surface area contributed by atoms with E-state index in [9.17, 15) is 14.0 Å². The number of aromatic amines is 1. The lowest BCUT2D eigenvalue weighted by Crippen LogP contribution is -2.35. The molecule has 168 valence electrons. The third-order valence-corrected chi connectivity index (χ3v) is 5.36. The molecule has 0 saturated heterocycles. The second-order valence-corrected chi connectivity index (χ2v) is 7.78. The Kier molecular flexibility index (Phi) is 6.73. The summed E-state index contributed by atoms with van der Waals surface area (Å²) in [5.41, 5.74) is 3.72. The van der Waals surface area contributed by atoms with E-state index in [1.54, 1.807) is 30.1 Å². The average molecular weight is 445 g/mol. The fraction of sp³-hybridized carbons (Fsp3) is 0.200. The Morgan fingerprint density at radius 2 is 1.73 bits per heavy atom. The number of aromatic nitrogens is 4. The SMILES string of the molecule is CN(CCCc1cc(-c2ccc(F)cc2)n[nH]1)C(=O)Cn1nc(-c2ccccc2)ccc1=O. The van der Waals surface area contributed by atoms with Gasteiger partial charge in [0.2, 0.25) is 5.91 Å². The Balaban J connectivity index is 1.32. The first kappa shape index (κ1) is 22.1. The summed E-state index contributed by atoms with van der Waals surface area (Å²) in [5.74, 6) is -0.474.